The fourth-order valence-corrected chi connectivity index (χ4v) is 3.02. The number of benzene rings is 1. The Morgan fingerprint density at radius 3 is 3.00 bits per heavy atom. The second kappa shape index (κ2) is 5.76. The van der Waals surface area contributed by atoms with Gasteiger partial charge in [0.05, 0.1) is 12.1 Å². The molecule has 1 heterocycles. The van der Waals surface area contributed by atoms with Gasteiger partial charge >= 0.3 is 0 Å². The fraction of sp³-hybridized carbons (Fsp3) is 0.417. The summed E-state index contributed by atoms with van der Waals surface area (Å²) in [5.74, 6) is 1.72. The normalized spacial score (nSPS) is 21.2. The summed E-state index contributed by atoms with van der Waals surface area (Å²) >= 11 is 7.83. The third kappa shape index (κ3) is 3.15. The molecule has 1 fully saturated rings. The molecule has 1 aromatic carbocycles. The number of hydrogen-bond acceptors (Lipinski definition) is 3. The molecule has 0 bridgehead atoms. The number of hydrogen-bond donors (Lipinski definition) is 2. The Kier molecular flexibility index (Phi) is 4.31. The molecule has 0 aliphatic carbocycles. The molecule has 0 aromatic heterocycles. The van der Waals surface area contributed by atoms with E-state index in [4.69, 9.17) is 11.6 Å². The zero-order valence-corrected chi connectivity index (χ0v) is 11.1. The minimum atomic E-state index is -0.0788. The van der Waals surface area contributed by atoms with Crippen molar-refractivity contribution in [2.45, 2.75) is 19.0 Å². The van der Waals surface area contributed by atoms with Gasteiger partial charge in [0.25, 0.3) is 0 Å². The highest BCUT2D eigenvalue weighted by atomic mass is 35.5. The third-order valence-electron chi connectivity index (χ3n) is 2.76. The van der Waals surface area contributed by atoms with Crippen LogP contribution in [0.4, 0.5) is 0 Å². The molecule has 1 aliphatic heterocycles. The highest BCUT2D eigenvalue weighted by Crippen LogP contribution is 2.22. The lowest BCUT2D eigenvalue weighted by Crippen LogP contribution is -2.42. The van der Waals surface area contributed by atoms with Crippen molar-refractivity contribution < 1.29 is 4.79 Å². The molecule has 1 amide bonds. The topological polar surface area (TPSA) is 41.1 Å². The quantitative estimate of drug-likeness (QED) is 0.885. The third-order valence-corrected chi connectivity index (χ3v) is 4.05. The molecule has 92 valence electrons. The Balaban J connectivity index is 1.99. The fourth-order valence-electron chi connectivity index (χ4n) is 1.78. The van der Waals surface area contributed by atoms with Gasteiger partial charge in [0.15, 0.2) is 0 Å². The molecule has 5 heteroatoms. The first kappa shape index (κ1) is 12.7. The van der Waals surface area contributed by atoms with Crippen molar-refractivity contribution in [3.63, 3.8) is 0 Å². The predicted molar refractivity (Wildman–Crippen MR) is 72.3 cm³/mol. The van der Waals surface area contributed by atoms with Crippen LogP contribution in [0.3, 0.4) is 0 Å². The lowest BCUT2D eigenvalue weighted by molar-refractivity contribution is -0.123. The molecule has 0 saturated carbocycles. The highest BCUT2D eigenvalue weighted by molar-refractivity contribution is 7.99. The summed E-state index contributed by atoms with van der Waals surface area (Å²) in [6.45, 7) is 1.95. The van der Waals surface area contributed by atoms with E-state index in [1.54, 1.807) is 11.8 Å². The molecular formula is C12H15ClN2OS. The maximum Gasteiger partial charge on any atom is 0.238 e. The number of thioether (sulfide) groups is 1. The zero-order valence-electron chi connectivity index (χ0n) is 9.57. The Labute approximate surface area is 110 Å². The first-order valence-electron chi connectivity index (χ1n) is 5.54. The van der Waals surface area contributed by atoms with E-state index in [0.717, 1.165) is 17.2 Å². The molecule has 17 heavy (non-hydrogen) atoms. The highest BCUT2D eigenvalue weighted by Gasteiger charge is 2.24. The molecule has 1 saturated heterocycles. The maximum atomic E-state index is 11.9. The average Bonchev–Trinajstić information content (AvgIpc) is 2.82. The number of carbonyl (C=O) groups excluding carboxylic acids is 1. The first-order chi connectivity index (χ1) is 8.18. The van der Waals surface area contributed by atoms with Crippen LogP contribution in [-0.2, 0) is 4.79 Å². The Morgan fingerprint density at radius 2 is 2.35 bits per heavy atom. The average molecular weight is 271 g/mol. The summed E-state index contributed by atoms with van der Waals surface area (Å²) in [6.07, 6.45) is 0. The summed E-state index contributed by atoms with van der Waals surface area (Å²) in [5, 5.41) is 6.81. The van der Waals surface area contributed by atoms with Gasteiger partial charge < -0.3 is 5.32 Å². The molecule has 0 spiro atoms. The second-order valence-electron chi connectivity index (χ2n) is 4.02. The standard InChI is InChI=1S/C12H15ClN2OS/c1-8(9-4-2-3-5-10(9)13)15-12(16)11-6-17-7-14-11/h2-5,8,11,14H,6-7H2,1H3,(H,15,16)/t8-,11?/m0/s1. The minimum absolute atomic E-state index is 0.0439. The molecule has 1 aliphatic rings. The zero-order chi connectivity index (χ0) is 12.3. The Hall–Kier alpha value is -0.710. The van der Waals surface area contributed by atoms with Crippen LogP contribution in [0, 0.1) is 0 Å². The van der Waals surface area contributed by atoms with Gasteiger partial charge in [-0.15, -0.1) is 11.8 Å². The maximum absolute atomic E-state index is 11.9. The van der Waals surface area contributed by atoms with Gasteiger partial charge in [0.2, 0.25) is 5.91 Å². The second-order valence-corrected chi connectivity index (χ2v) is 5.46. The van der Waals surface area contributed by atoms with Crippen molar-refractivity contribution in [1.82, 2.24) is 10.6 Å². The van der Waals surface area contributed by atoms with Crippen molar-refractivity contribution in [2.24, 2.45) is 0 Å². The lowest BCUT2D eigenvalue weighted by atomic mass is 10.1. The van der Waals surface area contributed by atoms with E-state index in [0.29, 0.717) is 5.02 Å². The lowest BCUT2D eigenvalue weighted by Gasteiger charge is -2.18. The van der Waals surface area contributed by atoms with E-state index in [1.165, 1.54) is 0 Å². The van der Waals surface area contributed by atoms with Crippen LogP contribution in [0.5, 0.6) is 0 Å². The number of nitrogens with one attached hydrogen (secondary N) is 2. The summed E-state index contributed by atoms with van der Waals surface area (Å²) in [6, 6.07) is 7.43. The van der Waals surface area contributed by atoms with Gasteiger partial charge in [-0.1, -0.05) is 29.8 Å². The van der Waals surface area contributed by atoms with Gasteiger partial charge in [-0.2, -0.15) is 0 Å². The first-order valence-corrected chi connectivity index (χ1v) is 7.07. The van der Waals surface area contributed by atoms with Crippen molar-refractivity contribution in [1.29, 1.82) is 0 Å². The number of carbonyl (C=O) groups is 1. The van der Waals surface area contributed by atoms with E-state index >= 15 is 0 Å². The predicted octanol–water partition coefficient (Wildman–Crippen LogP) is 2.18. The smallest absolute Gasteiger partial charge is 0.238 e. The van der Waals surface area contributed by atoms with Crippen molar-refractivity contribution >= 4 is 29.3 Å². The van der Waals surface area contributed by atoms with Gasteiger partial charge in [0.1, 0.15) is 0 Å². The van der Waals surface area contributed by atoms with Gasteiger partial charge in [-0.25, -0.2) is 0 Å². The van der Waals surface area contributed by atoms with E-state index in [9.17, 15) is 4.79 Å². The van der Waals surface area contributed by atoms with Gasteiger partial charge in [0, 0.05) is 16.7 Å². The summed E-state index contributed by atoms with van der Waals surface area (Å²) in [4.78, 5) is 11.9. The van der Waals surface area contributed by atoms with E-state index in [-0.39, 0.29) is 18.0 Å². The minimum Gasteiger partial charge on any atom is -0.348 e. The molecule has 2 atom stereocenters. The largest absolute Gasteiger partial charge is 0.348 e. The van der Waals surface area contributed by atoms with Gasteiger partial charge in [-0.3, -0.25) is 10.1 Å². The summed E-state index contributed by atoms with van der Waals surface area (Å²) in [7, 11) is 0. The molecule has 3 nitrogen and oxygen atoms in total. The molecule has 2 N–H and O–H groups in total. The van der Waals surface area contributed by atoms with Crippen LogP contribution in [0.25, 0.3) is 0 Å². The van der Waals surface area contributed by atoms with Crippen molar-refractivity contribution in [3.8, 4) is 0 Å². The van der Waals surface area contributed by atoms with Crippen LogP contribution < -0.4 is 10.6 Å². The molecule has 2 rings (SSSR count). The molecular weight excluding hydrogens is 256 g/mol. The molecule has 1 aromatic rings. The summed E-state index contributed by atoms with van der Waals surface area (Å²) in [5.41, 5.74) is 0.952. The van der Waals surface area contributed by atoms with Crippen molar-refractivity contribution in [3.05, 3.63) is 34.9 Å². The summed E-state index contributed by atoms with van der Waals surface area (Å²) < 4.78 is 0. The number of halogens is 1. The van der Waals surface area contributed by atoms with Crippen LogP contribution in [0.1, 0.15) is 18.5 Å². The van der Waals surface area contributed by atoms with E-state index in [2.05, 4.69) is 10.6 Å². The van der Waals surface area contributed by atoms with Crippen molar-refractivity contribution in [2.75, 3.05) is 11.6 Å². The molecule has 0 radical (unpaired) electrons. The van der Waals surface area contributed by atoms with Crippen LogP contribution in [0.15, 0.2) is 24.3 Å². The molecule has 1 unspecified atom stereocenters. The van der Waals surface area contributed by atoms with E-state index < -0.39 is 0 Å². The number of amides is 1. The Bertz CT molecular complexity index is 407. The van der Waals surface area contributed by atoms with Crippen LogP contribution in [-0.4, -0.2) is 23.6 Å². The SMILES string of the molecule is C[C@H](NC(=O)C1CSCN1)c1ccccc1Cl. The Morgan fingerprint density at radius 1 is 1.59 bits per heavy atom. The van der Waals surface area contributed by atoms with Crippen LogP contribution >= 0.6 is 23.4 Å². The van der Waals surface area contributed by atoms with Crippen LogP contribution in [0.2, 0.25) is 5.02 Å². The number of rotatable bonds is 3. The monoisotopic (exact) mass is 270 g/mol. The van der Waals surface area contributed by atoms with Gasteiger partial charge in [-0.05, 0) is 18.6 Å². The van der Waals surface area contributed by atoms with E-state index in [1.807, 2.05) is 31.2 Å².